The summed E-state index contributed by atoms with van der Waals surface area (Å²) >= 11 is 0. The molecule has 5 nitrogen and oxygen atoms in total. The van der Waals surface area contributed by atoms with E-state index in [0.717, 1.165) is 96.0 Å². The molecule has 5 heteroatoms. The Bertz CT molecular complexity index is 3460. The summed E-state index contributed by atoms with van der Waals surface area (Å²) in [7, 11) is 0. The smallest absolute Gasteiger partial charge is 0.164 e. The van der Waals surface area contributed by atoms with Gasteiger partial charge in [0.05, 0.1) is 0 Å². The van der Waals surface area contributed by atoms with Gasteiger partial charge in [0, 0.05) is 44.2 Å². The first-order valence-electron chi connectivity index (χ1n) is 21.0. The summed E-state index contributed by atoms with van der Waals surface area (Å²) in [6, 6.07) is 64.8. The molecule has 62 heavy (non-hydrogen) atoms. The largest absolute Gasteiger partial charge is 0.507 e. The van der Waals surface area contributed by atoms with Gasteiger partial charge in [0.1, 0.15) is 16.9 Å². The highest BCUT2D eigenvalue weighted by molar-refractivity contribution is 6.10. The number of benzene rings is 8. The molecule has 0 bridgehead atoms. The minimum absolute atomic E-state index is 0.297. The van der Waals surface area contributed by atoms with Crippen LogP contribution in [0, 0.1) is 0 Å². The maximum Gasteiger partial charge on any atom is 0.164 e. The molecule has 7 aromatic carbocycles. The zero-order valence-electron chi connectivity index (χ0n) is 33.6. The fraction of sp³-hybridized carbons (Fsp3) is 0.0351. The minimum atomic E-state index is 0.297. The zero-order chi connectivity index (χ0) is 41.1. The molecule has 3 aliphatic carbocycles. The lowest BCUT2D eigenvalue weighted by Gasteiger charge is -2.20. The number of rotatable bonds is 8. The number of fused-ring (bicyclic) bond motifs is 4. The summed E-state index contributed by atoms with van der Waals surface area (Å²) < 4.78 is 6.65. The van der Waals surface area contributed by atoms with Crippen molar-refractivity contribution in [3.63, 3.8) is 0 Å². The molecule has 0 saturated carbocycles. The topological polar surface area (TPSA) is 72.0 Å². The van der Waals surface area contributed by atoms with Crippen molar-refractivity contribution in [3.8, 4) is 78.7 Å². The third-order valence-corrected chi connectivity index (χ3v) is 12.2. The SMILES string of the molecule is OC1=C(c2cccc(-c3ccc4cc3-4)c2)CCC=C1c1cc(-c2ccccc2)cc(-c2nc(-c3ccccc3)nc(-c3ccc4c(c3)oc3c(-c5ccccc5)cccc34)n2)c1. The monoisotopic (exact) mass is 795 g/mol. The van der Waals surface area contributed by atoms with Gasteiger partial charge in [-0.1, -0.05) is 152 Å². The first-order valence-corrected chi connectivity index (χ1v) is 21.0. The van der Waals surface area contributed by atoms with E-state index in [0.29, 0.717) is 23.2 Å². The molecule has 12 rings (SSSR count). The zero-order valence-corrected chi connectivity index (χ0v) is 33.6. The predicted molar refractivity (Wildman–Crippen MR) is 252 cm³/mol. The summed E-state index contributed by atoms with van der Waals surface area (Å²) in [4.78, 5) is 15.4. The van der Waals surface area contributed by atoms with Gasteiger partial charge in [0.15, 0.2) is 17.5 Å². The van der Waals surface area contributed by atoms with Gasteiger partial charge in [-0.15, -0.1) is 0 Å². The Kier molecular flexibility index (Phi) is 8.39. The number of hydrogen-bond donors (Lipinski definition) is 1. The molecule has 0 saturated heterocycles. The molecule has 0 fully saturated rings. The molecular formula is C57H37N3O2. The Morgan fingerprint density at radius 3 is 1.73 bits per heavy atom. The molecule has 0 spiro atoms. The Morgan fingerprint density at radius 1 is 0.387 bits per heavy atom. The van der Waals surface area contributed by atoms with Crippen LogP contribution in [0.5, 0.6) is 0 Å². The van der Waals surface area contributed by atoms with E-state index in [1.54, 1.807) is 0 Å². The van der Waals surface area contributed by atoms with Crippen molar-refractivity contribution in [2.75, 3.05) is 0 Å². The van der Waals surface area contributed by atoms with Gasteiger partial charge in [-0.3, -0.25) is 0 Å². The maximum atomic E-state index is 12.2. The predicted octanol–water partition coefficient (Wildman–Crippen LogP) is 14.9. The Morgan fingerprint density at radius 2 is 0.984 bits per heavy atom. The van der Waals surface area contributed by atoms with Crippen LogP contribution in [-0.4, -0.2) is 20.1 Å². The van der Waals surface area contributed by atoms with Crippen LogP contribution in [0.15, 0.2) is 204 Å². The van der Waals surface area contributed by atoms with Crippen LogP contribution >= 0.6 is 0 Å². The first kappa shape index (κ1) is 35.8. The molecule has 0 radical (unpaired) electrons. The molecule has 1 N–H and O–H groups in total. The first-order chi connectivity index (χ1) is 30.6. The van der Waals surface area contributed by atoms with E-state index in [1.165, 1.54) is 22.3 Å². The Hall–Kier alpha value is -8.15. The summed E-state index contributed by atoms with van der Waals surface area (Å²) in [5.74, 6) is 1.93. The summed E-state index contributed by atoms with van der Waals surface area (Å²) in [6.07, 6.45) is 3.70. The van der Waals surface area contributed by atoms with Gasteiger partial charge in [-0.2, -0.15) is 0 Å². The van der Waals surface area contributed by atoms with E-state index in [9.17, 15) is 5.11 Å². The normalized spacial score (nSPS) is 13.1. The van der Waals surface area contributed by atoms with Crippen molar-refractivity contribution in [2.24, 2.45) is 0 Å². The van der Waals surface area contributed by atoms with Crippen LogP contribution in [0.4, 0.5) is 0 Å². The molecule has 0 unspecified atom stereocenters. The van der Waals surface area contributed by atoms with E-state index in [1.807, 2.05) is 72.8 Å². The van der Waals surface area contributed by atoms with E-state index in [2.05, 4.69) is 121 Å². The molecule has 292 valence electrons. The van der Waals surface area contributed by atoms with E-state index < -0.39 is 0 Å². The van der Waals surface area contributed by atoms with Crippen molar-refractivity contribution in [3.05, 3.63) is 211 Å². The highest BCUT2D eigenvalue weighted by Gasteiger charge is 2.23. The highest BCUT2D eigenvalue weighted by Crippen LogP contribution is 2.46. The van der Waals surface area contributed by atoms with E-state index in [4.69, 9.17) is 19.4 Å². The number of aliphatic hydroxyl groups excluding tert-OH is 1. The molecule has 0 aliphatic heterocycles. The van der Waals surface area contributed by atoms with Crippen molar-refractivity contribution in [1.82, 2.24) is 15.0 Å². The van der Waals surface area contributed by atoms with Crippen LogP contribution in [0.1, 0.15) is 24.0 Å². The molecule has 3 aliphatic rings. The van der Waals surface area contributed by atoms with Crippen molar-refractivity contribution >= 4 is 33.1 Å². The van der Waals surface area contributed by atoms with Crippen LogP contribution in [0.3, 0.4) is 0 Å². The van der Waals surface area contributed by atoms with Gasteiger partial charge in [-0.05, 0) is 105 Å². The standard InChI is InChI=1S/C57H37N3O2/c61-53-46(39-20-10-19-38(29-39)45-27-25-40-33-51(40)45)21-11-22-47(53)43-30-42(35-13-4-1-5-14-35)31-44(32-43)57-59-55(37-17-8-3-9-18-37)58-56(60-57)41-26-28-49-50-24-12-23-48(36-15-6-2-7-16-36)54(50)62-52(49)34-41/h1-10,12-20,22-34,61H,11,21H2. The maximum absolute atomic E-state index is 12.2. The number of aliphatic hydroxyl groups is 1. The van der Waals surface area contributed by atoms with E-state index in [-0.39, 0.29) is 0 Å². The van der Waals surface area contributed by atoms with Crippen molar-refractivity contribution in [2.45, 2.75) is 12.8 Å². The van der Waals surface area contributed by atoms with Gasteiger partial charge in [-0.25, -0.2) is 15.0 Å². The number of nitrogens with zero attached hydrogens (tertiary/aromatic N) is 3. The fourth-order valence-electron chi connectivity index (χ4n) is 9.00. The second-order valence-electron chi connectivity index (χ2n) is 16.0. The lowest BCUT2D eigenvalue weighted by atomic mass is 9.86. The second-order valence-corrected chi connectivity index (χ2v) is 16.0. The molecule has 2 heterocycles. The van der Waals surface area contributed by atoms with Gasteiger partial charge in [0.2, 0.25) is 0 Å². The van der Waals surface area contributed by atoms with Crippen molar-refractivity contribution in [1.29, 1.82) is 0 Å². The number of para-hydroxylation sites is 1. The summed E-state index contributed by atoms with van der Waals surface area (Å²) in [6.45, 7) is 0. The lowest BCUT2D eigenvalue weighted by molar-refractivity contribution is 0.436. The Balaban J connectivity index is 0.998. The molecule has 2 aromatic heterocycles. The third kappa shape index (κ3) is 6.30. The second kappa shape index (κ2) is 14.5. The molecule has 0 atom stereocenters. The highest BCUT2D eigenvalue weighted by atomic mass is 16.3. The number of hydrogen-bond acceptors (Lipinski definition) is 5. The minimum Gasteiger partial charge on any atom is -0.507 e. The molecule has 0 amide bonds. The average Bonchev–Trinajstić information content (AvgIpc) is 3.83. The number of furan rings is 1. The molecule has 9 aromatic rings. The summed E-state index contributed by atoms with van der Waals surface area (Å²) in [5, 5.41) is 14.3. The third-order valence-electron chi connectivity index (χ3n) is 12.2. The van der Waals surface area contributed by atoms with E-state index >= 15 is 0 Å². The number of aromatic nitrogens is 3. The van der Waals surface area contributed by atoms with Gasteiger partial charge in [0.25, 0.3) is 0 Å². The van der Waals surface area contributed by atoms with Crippen molar-refractivity contribution < 1.29 is 9.52 Å². The number of allylic oxidation sites excluding steroid dienone is 3. The van der Waals surface area contributed by atoms with Crippen LogP contribution in [-0.2, 0) is 0 Å². The van der Waals surface area contributed by atoms with Crippen LogP contribution in [0.2, 0.25) is 0 Å². The summed E-state index contributed by atoms with van der Waals surface area (Å²) in [5.41, 5.74) is 17.0. The van der Waals surface area contributed by atoms with Gasteiger partial charge >= 0.3 is 0 Å². The van der Waals surface area contributed by atoms with Gasteiger partial charge < -0.3 is 9.52 Å². The Labute approximate surface area is 358 Å². The lowest BCUT2D eigenvalue weighted by Crippen LogP contribution is -2.03. The average molecular weight is 796 g/mol. The fourth-order valence-corrected chi connectivity index (χ4v) is 9.00. The molecular weight excluding hydrogens is 759 g/mol. The van der Waals surface area contributed by atoms with Crippen LogP contribution < -0.4 is 0 Å². The van der Waals surface area contributed by atoms with Crippen LogP contribution in [0.25, 0.3) is 112 Å². The quantitative estimate of drug-likeness (QED) is 0.166.